The maximum atomic E-state index is 12.6. The Morgan fingerprint density at radius 1 is 1.33 bits per heavy atom. The Morgan fingerprint density at radius 3 is 2.50 bits per heavy atom. The Hall–Kier alpha value is -0.160. The van der Waals surface area contributed by atoms with Crippen LogP contribution in [0.2, 0.25) is 0 Å². The highest BCUT2D eigenvalue weighted by Gasteiger charge is 2.06. The van der Waals surface area contributed by atoms with Crippen LogP contribution in [-0.4, -0.2) is 5.76 Å². The van der Waals surface area contributed by atoms with Crippen LogP contribution in [0.4, 0.5) is 13.2 Å². The van der Waals surface area contributed by atoms with Crippen molar-refractivity contribution in [3.05, 3.63) is 28.5 Å². The van der Waals surface area contributed by atoms with Crippen LogP contribution in [0.3, 0.4) is 0 Å². The van der Waals surface area contributed by atoms with Crippen LogP contribution in [0.1, 0.15) is 0 Å². The third-order valence-electron chi connectivity index (χ3n) is 1.12. The van der Waals surface area contributed by atoms with Gasteiger partial charge in [-0.2, -0.15) is 8.78 Å². The molecule has 0 saturated carbocycles. The summed E-state index contributed by atoms with van der Waals surface area (Å²) in [5, 5.41) is 0. The van der Waals surface area contributed by atoms with Crippen LogP contribution in [0.25, 0.3) is 0 Å². The molecule has 0 radical (unpaired) electrons. The van der Waals surface area contributed by atoms with Gasteiger partial charge in [0.25, 0.3) is 5.76 Å². The number of alkyl halides is 2. The molecule has 0 heterocycles. The molecule has 0 aliphatic heterocycles. The average Bonchev–Trinajstić information content (AvgIpc) is 1.96. The molecule has 0 N–H and O–H groups in total. The zero-order chi connectivity index (χ0) is 9.14. The SMILES string of the molecule is Fc1ccc(SC(F)F)cc1Br. The molecule has 0 nitrogen and oxygen atoms in total. The lowest BCUT2D eigenvalue weighted by Crippen LogP contribution is -1.83. The largest absolute Gasteiger partial charge is 0.288 e. The first-order valence-corrected chi connectivity index (χ1v) is 4.66. The summed E-state index contributed by atoms with van der Waals surface area (Å²) in [6.45, 7) is 0. The lowest BCUT2D eigenvalue weighted by molar-refractivity contribution is 0.252. The number of hydrogen-bond donors (Lipinski definition) is 0. The highest BCUT2D eigenvalue weighted by atomic mass is 79.9. The standard InChI is InChI=1S/C7H4BrF3S/c8-5-3-4(12-7(10)11)1-2-6(5)9/h1-3,7H. The van der Waals surface area contributed by atoms with Crippen molar-refractivity contribution in [2.24, 2.45) is 0 Å². The minimum Gasteiger partial charge on any atom is -0.206 e. The van der Waals surface area contributed by atoms with Crippen molar-refractivity contribution in [2.75, 3.05) is 0 Å². The summed E-state index contributed by atoms with van der Waals surface area (Å²) >= 11 is 3.29. The minimum absolute atomic E-state index is 0.202. The smallest absolute Gasteiger partial charge is 0.206 e. The Morgan fingerprint density at radius 2 is 2.00 bits per heavy atom. The van der Waals surface area contributed by atoms with Gasteiger partial charge in [-0.25, -0.2) is 4.39 Å². The molecule has 0 aliphatic rings. The maximum absolute atomic E-state index is 12.6. The lowest BCUT2D eigenvalue weighted by Gasteiger charge is -2.00. The van der Waals surface area contributed by atoms with E-state index < -0.39 is 11.6 Å². The second-order valence-electron chi connectivity index (χ2n) is 1.95. The van der Waals surface area contributed by atoms with E-state index in [-0.39, 0.29) is 4.47 Å². The van der Waals surface area contributed by atoms with Gasteiger partial charge >= 0.3 is 0 Å². The molecule has 1 aromatic carbocycles. The van der Waals surface area contributed by atoms with Crippen molar-refractivity contribution in [1.29, 1.82) is 0 Å². The normalized spacial score (nSPS) is 10.8. The fourth-order valence-corrected chi connectivity index (χ4v) is 1.72. The van der Waals surface area contributed by atoms with Crippen LogP contribution in [0.15, 0.2) is 27.6 Å². The molecule has 0 aliphatic carbocycles. The van der Waals surface area contributed by atoms with E-state index in [1.807, 2.05) is 0 Å². The summed E-state index contributed by atoms with van der Waals surface area (Å²) in [7, 11) is 0. The monoisotopic (exact) mass is 256 g/mol. The Balaban J connectivity index is 2.82. The molecule has 0 fully saturated rings. The predicted molar refractivity (Wildman–Crippen MR) is 46.0 cm³/mol. The second-order valence-corrected chi connectivity index (χ2v) is 3.87. The molecule has 66 valence electrons. The van der Waals surface area contributed by atoms with Crippen molar-refractivity contribution in [3.8, 4) is 0 Å². The molecule has 1 rings (SSSR count). The molecular weight excluding hydrogens is 253 g/mol. The van der Waals surface area contributed by atoms with E-state index in [4.69, 9.17) is 0 Å². The van der Waals surface area contributed by atoms with Crippen molar-refractivity contribution in [3.63, 3.8) is 0 Å². The fraction of sp³-hybridized carbons (Fsp3) is 0.143. The van der Waals surface area contributed by atoms with Gasteiger partial charge in [-0.15, -0.1) is 0 Å². The van der Waals surface area contributed by atoms with E-state index in [0.717, 1.165) is 6.07 Å². The van der Waals surface area contributed by atoms with Crippen LogP contribution < -0.4 is 0 Å². The molecule has 0 saturated heterocycles. The summed E-state index contributed by atoms with van der Waals surface area (Å²) in [4.78, 5) is 0.346. The number of benzene rings is 1. The van der Waals surface area contributed by atoms with Gasteiger partial charge in [0.1, 0.15) is 5.82 Å². The average molecular weight is 257 g/mol. The van der Waals surface area contributed by atoms with E-state index in [9.17, 15) is 13.2 Å². The second kappa shape index (κ2) is 4.18. The zero-order valence-electron chi connectivity index (χ0n) is 5.73. The summed E-state index contributed by atoms with van der Waals surface area (Å²) in [6, 6.07) is 3.79. The molecule has 0 aromatic heterocycles. The lowest BCUT2D eigenvalue weighted by atomic mass is 10.3. The van der Waals surface area contributed by atoms with Crippen molar-refractivity contribution >= 4 is 27.7 Å². The first kappa shape index (κ1) is 9.92. The minimum atomic E-state index is -2.47. The molecule has 0 spiro atoms. The molecule has 1 aromatic rings. The number of hydrogen-bond acceptors (Lipinski definition) is 1. The van der Waals surface area contributed by atoms with Gasteiger partial charge in [-0.3, -0.25) is 0 Å². The molecule has 0 atom stereocenters. The van der Waals surface area contributed by atoms with Crippen LogP contribution >= 0.6 is 27.7 Å². The molecule has 12 heavy (non-hydrogen) atoms. The maximum Gasteiger partial charge on any atom is 0.288 e. The number of thioether (sulfide) groups is 1. The van der Waals surface area contributed by atoms with Gasteiger partial charge in [0.15, 0.2) is 0 Å². The Bertz CT molecular complexity index is 277. The van der Waals surface area contributed by atoms with E-state index in [0.29, 0.717) is 16.7 Å². The van der Waals surface area contributed by atoms with Crippen LogP contribution in [0, 0.1) is 5.82 Å². The molecular formula is C7H4BrF3S. The highest BCUT2D eigenvalue weighted by molar-refractivity contribution is 9.10. The van der Waals surface area contributed by atoms with E-state index in [2.05, 4.69) is 15.9 Å². The quantitative estimate of drug-likeness (QED) is 0.724. The van der Waals surface area contributed by atoms with Crippen molar-refractivity contribution in [2.45, 2.75) is 10.7 Å². The van der Waals surface area contributed by atoms with Crippen LogP contribution in [-0.2, 0) is 0 Å². The van der Waals surface area contributed by atoms with E-state index in [1.54, 1.807) is 0 Å². The van der Waals surface area contributed by atoms with E-state index >= 15 is 0 Å². The molecule has 0 bridgehead atoms. The predicted octanol–water partition coefficient (Wildman–Crippen LogP) is 3.90. The summed E-state index contributed by atoms with van der Waals surface area (Å²) in [5.74, 6) is -2.92. The van der Waals surface area contributed by atoms with E-state index in [1.165, 1.54) is 12.1 Å². The molecule has 0 unspecified atom stereocenters. The fourth-order valence-electron chi connectivity index (χ4n) is 0.653. The summed E-state index contributed by atoms with van der Waals surface area (Å²) < 4.78 is 36.4. The van der Waals surface area contributed by atoms with Gasteiger partial charge in [0.2, 0.25) is 0 Å². The summed E-state index contributed by atoms with van der Waals surface area (Å²) in [5.41, 5.74) is 0. The highest BCUT2D eigenvalue weighted by Crippen LogP contribution is 2.28. The van der Waals surface area contributed by atoms with Gasteiger partial charge in [-0.05, 0) is 34.1 Å². The summed E-state index contributed by atoms with van der Waals surface area (Å²) in [6.07, 6.45) is 0. The van der Waals surface area contributed by atoms with Gasteiger partial charge in [-0.1, -0.05) is 11.8 Å². The van der Waals surface area contributed by atoms with Gasteiger partial charge in [0.05, 0.1) is 4.47 Å². The third kappa shape index (κ3) is 2.71. The first-order valence-electron chi connectivity index (χ1n) is 2.99. The Kier molecular flexibility index (Phi) is 3.46. The van der Waals surface area contributed by atoms with Crippen molar-refractivity contribution < 1.29 is 13.2 Å². The van der Waals surface area contributed by atoms with Crippen molar-refractivity contribution in [1.82, 2.24) is 0 Å². The number of halogens is 4. The van der Waals surface area contributed by atoms with Crippen LogP contribution in [0.5, 0.6) is 0 Å². The molecule has 5 heteroatoms. The Labute approximate surface area is 80.3 Å². The van der Waals surface area contributed by atoms with Gasteiger partial charge in [0, 0.05) is 4.90 Å². The zero-order valence-corrected chi connectivity index (χ0v) is 8.13. The first-order chi connectivity index (χ1) is 5.59. The number of rotatable bonds is 2. The molecule has 0 amide bonds. The third-order valence-corrected chi connectivity index (χ3v) is 2.43. The topological polar surface area (TPSA) is 0 Å². The van der Waals surface area contributed by atoms with Gasteiger partial charge < -0.3 is 0 Å².